The molecule has 3 rings (SSSR count). The zero-order chi connectivity index (χ0) is 19.5. The molecule has 0 bridgehead atoms. The fourth-order valence-electron chi connectivity index (χ4n) is 6.69. The summed E-state index contributed by atoms with van der Waals surface area (Å²) in [6.07, 6.45) is 5.84. The van der Waals surface area contributed by atoms with Gasteiger partial charge in [-0.25, -0.2) is 0 Å². The second kappa shape index (κ2) is 6.07. The van der Waals surface area contributed by atoms with E-state index in [4.69, 9.17) is 9.47 Å². The van der Waals surface area contributed by atoms with Crippen LogP contribution in [-0.2, 0) is 14.3 Å². The molecule has 0 radical (unpaired) electrons. The van der Waals surface area contributed by atoms with Gasteiger partial charge in [0, 0.05) is 6.92 Å². The van der Waals surface area contributed by atoms with Crippen LogP contribution in [0.25, 0.3) is 0 Å². The molecule has 1 heterocycles. The quantitative estimate of drug-likeness (QED) is 0.588. The maximum atomic E-state index is 11.7. The summed E-state index contributed by atoms with van der Waals surface area (Å²) in [6.45, 7) is 16.4. The molecule has 7 unspecified atom stereocenters. The molecular weight excluding hydrogens is 328 g/mol. The molecule has 0 aromatic carbocycles. The molecule has 148 valence electrons. The highest BCUT2D eigenvalue weighted by Gasteiger charge is 2.65. The van der Waals surface area contributed by atoms with Gasteiger partial charge in [-0.2, -0.15) is 0 Å². The SMILES string of the molecule is C=CC1(C)OC2(C)CCC3C(C)(C)C(O)CCC3(C)C2CC1OC(C)=O. The van der Waals surface area contributed by atoms with E-state index in [-0.39, 0.29) is 40.5 Å². The normalized spacial score (nSPS) is 50.3. The van der Waals surface area contributed by atoms with Crippen molar-refractivity contribution >= 4 is 5.97 Å². The van der Waals surface area contributed by atoms with E-state index in [1.807, 2.05) is 6.92 Å². The summed E-state index contributed by atoms with van der Waals surface area (Å²) < 4.78 is 12.4. The zero-order valence-corrected chi connectivity index (χ0v) is 17.3. The van der Waals surface area contributed by atoms with Gasteiger partial charge < -0.3 is 14.6 Å². The molecular formula is C22H36O4. The lowest BCUT2D eigenvalue weighted by Gasteiger charge is -2.66. The summed E-state index contributed by atoms with van der Waals surface area (Å²) in [6, 6.07) is 0. The Morgan fingerprint density at radius 1 is 1.15 bits per heavy atom. The van der Waals surface area contributed by atoms with Crippen molar-refractivity contribution < 1.29 is 19.4 Å². The average molecular weight is 365 g/mol. The number of ether oxygens (including phenoxy) is 2. The minimum Gasteiger partial charge on any atom is -0.459 e. The van der Waals surface area contributed by atoms with Crippen LogP contribution in [0.4, 0.5) is 0 Å². The molecule has 4 nitrogen and oxygen atoms in total. The van der Waals surface area contributed by atoms with Gasteiger partial charge in [-0.05, 0) is 68.6 Å². The third-order valence-corrected chi connectivity index (χ3v) is 8.23. The topological polar surface area (TPSA) is 55.8 Å². The predicted octanol–water partition coefficient (Wildman–Crippen LogP) is 4.26. The first-order chi connectivity index (χ1) is 11.9. The molecule has 1 aliphatic heterocycles. The van der Waals surface area contributed by atoms with Gasteiger partial charge in [0.25, 0.3) is 0 Å². The van der Waals surface area contributed by atoms with E-state index in [2.05, 4.69) is 34.3 Å². The van der Waals surface area contributed by atoms with E-state index in [0.29, 0.717) is 5.92 Å². The number of rotatable bonds is 2. The van der Waals surface area contributed by atoms with Crippen LogP contribution in [0.5, 0.6) is 0 Å². The Morgan fingerprint density at radius 3 is 2.38 bits per heavy atom. The highest BCUT2D eigenvalue weighted by molar-refractivity contribution is 5.66. The number of esters is 1. The number of hydrogen-bond donors (Lipinski definition) is 1. The van der Waals surface area contributed by atoms with Crippen LogP contribution in [0.1, 0.15) is 73.6 Å². The minimum absolute atomic E-state index is 0.0661. The third-order valence-electron chi connectivity index (χ3n) is 8.23. The highest BCUT2D eigenvalue weighted by Crippen LogP contribution is 2.65. The molecule has 0 aromatic heterocycles. The van der Waals surface area contributed by atoms with E-state index in [0.717, 1.165) is 32.1 Å². The number of carbonyl (C=O) groups is 1. The van der Waals surface area contributed by atoms with Crippen molar-refractivity contribution in [2.45, 2.75) is 97.1 Å². The van der Waals surface area contributed by atoms with Crippen LogP contribution in [0, 0.1) is 22.7 Å². The zero-order valence-electron chi connectivity index (χ0n) is 17.3. The number of aliphatic hydroxyl groups excluding tert-OH is 1. The molecule has 0 spiro atoms. The summed E-state index contributed by atoms with van der Waals surface area (Å²) in [5.74, 6) is 0.455. The molecule has 26 heavy (non-hydrogen) atoms. The van der Waals surface area contributed by atoms with Crippen molar-refractivity contribution in [1.82, 2.24) is 0 Å². The van der Waals surface area contributed by atoms with E-state index in [1.165, 1.54) is 6.92 Å². The molecule has 3 fully saturated rings. The van der Waals surface area contributed by atoms with Gasteiger partial charge in [0.1, 0.15) is 11.7 Å². The maximum Gasteiger partial charge on any atom is 0.303 e. The van der Waals surface area contributed by atoms with Gasteiger partial charge in [0.2, 0.25) is 0 Å². The molecule has 7 atom stereocenters. The van der Waals surface area contributed by atoms with Crippen LogP contribution >= 0.6 is 0 Å². The average Bonchev–Trinajstić information content (AvgIpc) is 2.52. The van der Waals surface area contributed by atoms with Crippen molar-refractivity contribution in [3.05, 3.63) is 12.7 Å². The molecule has 3 aliphatic rings. The van der Waals surface area contributed by atoms with E-state index >= 15 is 0 Å². The monoisotopic (exact) mass is 364 g/mol. The van der Waals surface area contributed by atoms with Crippen LogP contribution in [-0.4, -0.2) is 34.5 Å². The Hall–Kier alpha value is -0.870. The Labute approximate surface area is 158 Å². The minimum atomic E-state index is -0.663. The number of fused-ring (bicyclic) bond motifs is 3. The second-order valence-corrected chi connectivity index (χ2v) is 10.2. The van der Waals surface area contributed by atoms with Crippen LogP contribution in [0.15, 0.2) is 12.7 Å². The summed E-state index contributed by atoms with van der Waals surface area (Å²) in [5.41, 5.74) is -0.964. The van der Waals surface area contributed by atoms with Crippen molar-refractivity contribution in [3.63, 3.8) is 0 Å². The molecule has 1 saturated heterocycles. The van der Waals surface area contributed by atoms with Crippen molar-refractivity contribution in [1.29, 1.82) is 0 Å². The Kier molecular flexibility index (Phi) is 4.64. The van der Waals surface area contributed by atoms with Gasteiger partial charge in [-0.1, -0.05) is 26.8 Å². The smallest absolute Gasteiger partial charge is 0.303 e. The largest absolute Gasteiger partial charge is 0.459 e. The molecule has 0 aromatic rings. The maximum absolute atomic E-state index is 11.7. The van der Waals surface area contributed by atoms with Crippen LogP contribution in [0.3, 0.4) is 0 Å². The third kappa shape index (κ3) is 2.75. The number of carbonyl (C=O) groups excluding carboxylic acids is 1. The molecule has 2 saturated carbocycles. The predicted molar refractivity (Wildman–Crippen MR) is 102 cm³/mol. The summed E-state index contributed by atoms with van der Waals surface area (Å²) in [7, 11) is 0. The van der Waals surface area contributed by atoms with E-state index < -0.39 is 5.60 Å². The standard InChI is InChI=1S/C22H36O4/c1-8-21(6)18(25-14(2)23)13-16-20(5)11-10-17(24)19(3,4)15(20)9-12-22(16,7)26-21/h8,15-18,24H,1,9-13H2,2-7H3. The Balaban J connectivity index is 2.00. The summed E-state index contributed by atoms with van der Waals surface area (Å²) in [5, 5.41) is 10.6. The number of hydrogen-bond acceptors (Lipinski definition) is 4. The fraction of sp³-hybridized carbons (Fsp3) is 0.864. The highest BCUT2D eigenvalue weighted by atomic mass is 16.6. The van der Waals surface area contributed by atoms with Gasteiger partial charge >= 0.3 is 5.97 Å². The Morgan fingerprint density at radius 2 is 1.81 bits per heavy atom. The van der Waals surface area contributed by atoms with E-state index in [1.54, 1.807) is 6.08 Å². The molecule has 4 heteroatoms. The summed E-state index contributed by atoms with van der Waals surface area (Å²) in [4.78, 5) is 11.7. The second-order valence-electron chi connectivity index (χ2n) is 10.2. The van der Waals surface area contributed by atoms with Gasteiger partial charge in [0.15, 0.2) is 0 Å². The summed E-state index contributed by atoms with van der Waals surface area (Å²) >= 11 is 0. The lowest BCUT2D eigenvalue weighted by Crippen LogP contribution is -2.67. The van der Waals surface area contributed by atoms with Crippen LogP contribution in [0.2, 0.25) is 0 Å². The van der Waals surface area contributed by atoms with Gasteiger partial charge in [-0.3, -0.25) is 4.79 Å². The van der Waals surface area contributed by atoms with Crippen molar-refractivity contribution in [2.24, 2.45) is 22.7 Å². The first-order valence-corrected chi connectivity index (χ1v) is 10.1. The van der Waals surface area contributed by atoms with Gasteiger partial charge in [0.05, 0.1) is 11.7 Å². The lowest BCUT2D eigenvalue weighted by atomic mass is 9.43. The fourth-order valence-corrected chi connectivity index (χ4v) is 6.69. The first-order valence-electron chi connectivity index (χ1n) is 10.1. The molecule has 1 N–H and O–H groups in total. The van der Waals surface area contributed by atoms with Crippen LogP contribution < -0.4 is 0 Å². The van der Waals surface area contributed by atoms with Crippen molar-refractivity contribution in [3.8, 4) is 0 Å². The van der Waals surface area contributed by atoms with Gasteiger partial charge in [-0.15, -0.1) is 6.58 Å². The lowest BCUT2D eigenvalue weighted by molar-refractivity contribution is -0.290. The first kappa shape index (κ1) is 19.9. The molecule has 2 aliphatic carbocycles. The molecule has 0 amide bonds. The number of aliphatic hydroxyl groups is 1. The Bertz CT molecular complexity index is 599. The van der Waals surface area contributed by atoms with E-state index in [9.17, 15) is 9.90 Å². The van der Waals surface area contributed by atoms with Crippen molar-refractivity contribution in [2.75, 3.05) is 0 Å².